The number of aromatic nitrogens is 3. The zero-order valence-corrected chi connectivity index (χ0v) is 13.5. The van der Waals surface area contributed by atoms with Gasteiger partial charge in [-0.3, -0.25) is 4.90 Å². The SMILES string of the molecule is CC(C)c1nnc2n1CCN(Cc1ccc(Br)s1)C2. The molecular formula is C13H17BrN4S. The summed E-state index contributed by atoms with van der Waals surface area (Å²) in [6.07, 6.45) is 0. The minimum absolute atomic E-state index is 0.445. The molecule has 0 spiro atoms. The van der Waals surface area contributed by atoms with E-state index in [0.29, 0.717) is 5.92 Å². The molecule has 0 radical (unpaired) electrons. The largest absolute Gasteiger partial charge is 0.312 e. The molecule has 0 amide bonds. The van der Waals surface area contributed by atoms with E-state index in [4.69, 9.17) is 0 Å². The smallest absolute Gasteiger partial charge is 0.147 e. The predicted molar refractivity (Wildman–Crippen MR) is 80.2 cm³/mol. The molecule has 0 aliphatic carbocycles. The van der Waals surface area contributed by atoms with Gasteiger partial charge in [-0.1, -0.05) is 13.8 Å². The number of hydrogen-bond donors (Lipinski definition) is 0. The minimum atomic E-state index is 0.445. The van der Waals surface area contributed by atoms with Crippen LogP contribution >= 0.6 is 27.3 Å². The van der Waals surface area contributed by atoms with Gasteiger partial charge in [-0.05, 0) is 28.1 Å². The Bertz CT molecular complexity index is 575. The van der Waals surface area contributed by atoms with Crippen LogP contribution in [0.3, 0.4) is 0 Å². The lowest BCUT2D eigenvalue weighted by Gasteiger charge is -2.27. The van der Waals surface area contributed by atoms with E-state index < -0.39 is 0 Å². The van der Waals surface area contributed by atoms with Crippen LogP contribution in [0.5, 0.6) is 0 Å². The molecule has 0 unspecified atom stereocenters. The van der Waals surface area contributed by atoms with Crippen molar-refractivity contribution in [3.05, 3.63) is 32.4 Å². The Morgan fingerprint density at radius 1 is 1.32 bits per heavy atom. The molecule has 0 atom stereocenters. The molecule has 0 saturated carbocycles. The van der Waals surface area contributed by atoms with Crippen molar-refractivity contribution >= 4 is 27.3 Å². The van der Waals surface area contributed by atoms with E-state index in [0.717, 1.165) is 37.8 Å². The van der Waals surface area contributed by atoms with Crippen molar-refractivity contribution in [1.29, 1.82) is 0 Å². The second kappa shape index (κ2) is 5.34. The zero-order chi connectivity index (χ0) is 13.4. The average molecular weight is 341 g/mol. The van der Waals surface area contributed by atoms with Crippen molar-refractivity contribution in [3.63, 3.8) is 0 Å². The monoisotopic (exact) mass is 340 g/mol. The molecule has 2 aromatic heterocycles. The van der Waals surface area contributed by atoms with Gasteiger partial charge in [-0.25, -0.2) is 0 Å². The average Bonchev–Trinajstić information content (AvgIpc) is 2.95. The lowest BCUT2D eigenvalue weighted by Crippen LogP contribution is -2.33. The maximum atomic E-state index is 4.34. The van der Waals surface area contributed by atoms with Crippen LogP contribution in [0.2, 0.25) is 0 Å². The summed E-state index contributed by atoms with van der Waals surface area (Å²) in [4.78, 5) is 3.83. The van der Waals surface area contributed by atoms with Crippen molar-refractivity contribution in [1.82, 2.24) is 19.7 Å². The van der Waals surface area contributed by atoms with Gasteiger partial charge in [0.1, 0.15) is 11.6 Å². The summed E-state index contributed by atoms with van der Waals surface area (Å²) in [5.41, 5.74) is 0. The van der Waals surface area contributed by atoms with Crippen LogP contribution in [0.15, 0.2) is 15.9 Å². The number of thiophene rings is 1. The molecule has 4 nitrogen and oxygen atoms in total. The highest BCUT2D eigenvalue weighted by molar-refractivity contribution is 9.11. The van der Waals surface area contributed by atoms with Gasteiger partial charge < -0.3 is 4.57 Å². The number of halogens is 1. The van der Waals surface area contributed by atoms with Gasteiger partial charge in [0, 0.05) is 30.4 Å². The van der Waals surface area contributed by atoms with Gasteiger partial charge in [-0.2, -0.15) is 0 Å². The molecule has 3 heterocycles. The van der Waals surface area contributed by atoms with Gasteiger partial charge in [0.05, 0.1) is 10.3 Å². The molecule has 6 heteroatoms. The lowest BCUT2D eigenvalue weighted by molar-refractivity contribution is 0.208. The normalized spacial score (nSPS) is 16.0. The van der Waals surface area contributed by atoms with Gasteiger partial charge in [0.25, 0.3) is 0 Å². The Morgan fingerprint density at radius 2 is 2.16 bits per heavy atom. The van der Waals surface area contributed by atoms with Crippen LogP contribution < -0.4 is 0 Å². The fourth-order valence-electron chi connectivity index (χ4n) is 2.45. The third kappa shape index (κ3) is 2.75. The Hall–Kier alpha value is -0.720. The summed E-state index contributed by atoms with van der Waals surface area (Å²) in [5.74, 6) is 2.67. The molecule has 0 saturated heterocycles. The number of fused-ring (bicyclic) bond motifs is 1. The fraction of sp³-hybridized carbons (Fsp3) is 0.538. The van der Waals surface area contributed by atoms with Crippen molar-refractivity contribution in [2.45, 2.75) is 39.4 Å². The first-order chi connectivity index (χ1) is 9.13. The second-order valence-electron chi connectivity index (χ2n) is 5.20. The molecule has 0 fully saturated rings. The quantitative estimate of drug-likeness (QED) is 0.860. The Morgan fingerprint density at radius 3 is 2.84 bits per heavy atom. The van der Waals surface area contributed by atoms with Crippen LogP contribution in [-0.2, 0) is 19.6 Å². The molecular weight excluding hydrogens is 324 g/mol. The van der Waals surface area contributed by atoms with Crippen LogP contribution in [0.1, 0.15) is 36.3 Å². The molecule has 3 rings (SSSR count). The standard InChI is InChI=1S/C13H17BrN4S/c1-9(2)13-16-15-12-8-17(5-6-18(12)13)7-10-3-4-11(14)19-10/h3-4,9H,5-8H2,1-2H3. The van der Waals surface area contributed by atoms with Crippen LogP contribution in [0.25, 0.3) is 0 Å². The summed E-state index contributed by atoms with van der Waals surface area (Å²) in [6, 6.07) is 4.30. The summed E-state index contributed by atoms with van der Waals surface area (Å²) >= 11 is 5.32. The molecule has 19 heavy (non-hydrogen) atoms. The summed E-state index contributed by atoms with van der Waals surface area (Å²) < 4.78 is 3.48. The van der Waals surface area contributed by atoms with E-state index >= 15 is 0 Å². The van der Waals surface area contributed by atoms with Crippen LogP contribution in [0.4, 0.5) is 0 Å². The Kier molecular flexibility index (Phi) is 3.73. The molecule has 102 valence electrons. The maximum absolute atomic E-state index is 4.34. The van der Waals surface area contributed by atoms with Crippen LogP contribution in [-0.4, -0.2) is 26.2 Å². The zero-order valence-electron chi connectivity index (χ0n) is 11.1. The van der Waals surface area contributed by atoms with E-state index in [9.17, 15) is 0 Å². The van der Waals surface area contributed by atoms with E-state index in [2.05, 4.69) is 61.6 Å². The van der Waals surface area contributed by atoms with Crippen molar-refractivity contribution in [3.8, 4) is 0 Å². The molecule has 0 N–H and O–H groups in total. The van der Waals surface area contributed by atoms with Crippen LogP contribution in [0, 0.1) is 0 Å². The Balaban J connectivity index is 1.72. The highest BCUT2D eigenvalue weighted by Crippen LogP contribution is 2.25. The fourth-order valence-corrected chi connectivity index (χ4v) is 3.98. The second-order valence-corrected chi connectivity index (χ2v) is 7.74. The molecule has 0 aromatic carbocycles. The van der Waals surface area contributed by atoms with E-state index in [1.807, 2.05) is 0 Å². The van der Waals surface area contributed by atoms with Gasteiger partial charge in [-0.15, -0.1) is 21.5 Å². The molecule has 0 bridgehead atoms. The maximum Gasteiger partial charge on any atom is 0.147 e. The first kappa shape index (κ1) is 13.3. The highest BCUT2D eigenvalue weighted by atomic mass is 79.9. The topological polar surface area (TPSA) is 34.0 Å². The number of nitrogens with zero attached hydrogens (tertiary/aromatic N) is 4. The lowest BCUT2D eigenvalue weighted by atomic mass is 10.2. The molecule has 1 aliphatic rings. The van der Waals surface area contributed by atoms with Crippen molar-refractivity contribution < 1.29 is 0 Å². The molecule has 2 aromatic rings. The summed E-state index contributed by atoms with van der Waals surface area (Å²) in [7, 11) is 0. The number of rotatable bonds is 3. The van der Waals surface area contributed by atoms with E-state index in [-0.39, 0.29) is 0 Å². The number of hydrogen-bond acceptors (Lipinski definition) is 4. The predicted octanol–water partition coefficient (Wildman–Crippen LogP) is 3.24. The van der Waals surface area contributed by atoms with Crippen molar-refractivity contribution in [2.75, 3.05) is 6.54 Å². The minimum Gasteiger partial charge on any atom is -0.312 e. The third-order valence-corrected chi connectivity index (χ3v) is 4.99. The highest BCUT2D eigenvalue weighted by Gasteiger charge is 2.22. The first-order valence-electron chi connectivity index (χ1n) is 6.52. The molecule has 1 aliphatic heterocycles. The first-order valence-corrected chi connectivity index (χ1v) is 8.13. The summed E-state index contributed by atoms with van der Waals surface area (Å²) in [5, 5.41) is 8.66. The van der Waals surface area contributed by atoms with Gasteiger partial charge in [0.15, 0.2) is 0 Å². The van der Waals surface area contributed by atoms with E-state index in [1.54, 1.807) is 11.3 Å². The van der Waals surface area contributed by atoms with Gasteiger partial charge >= 0.3 is 0 Å². The summed E-state index contributed by atoms with van der Waals surface area (Å²) in [6.45, 7) is 8.32. The van der Waals surface area contributed by atoms with Crippen molar-refractivity contribution in [2.24, 2.45) is 0 Å². The third-order valence-electron chi connectivity index (χ3n) is 3.39. The van der Waals surface area contributed by atoms with Gasteiger partial charge in [0.2, 0.25) is 0 Å². The Labute approximate surface area is 125 Å². The van der Waals surface area contributed by atoms with E-state index in [1.165, 1.54) is 8.66 Å².